The van der Waals surface area contributed by atoms with Gasteiger partial charge < -0.3 is 9.47 Å². The van der Waals surface area contributed by atoms with Crippen LogP contribution in [0.1, 0.15) is 22.3 Å². The van der Waals surface area contributed by atoms with E-state index in [1.807, 2.05) is 31.2 Å². The Morgan fingerprint density at radius 1 is 0.958 bits per heavy atom. The number of benzene rings is 2. The Morgan fingerprint density at radius 2 is 1.62 bits per heavy atom. The van der Waals surface area contributed by atoms with Crippen LogP contribution in [0.5, 0.6) is 11.5 Å². The highest BCUT2D eigenvalue weighted by atomic mass is 32.2. The third-order valence-corrected chi connectivity index (χ3v) is 4.56. The number of ether oxygens (including phenoxy) is 2. The van der Waals surface area contributed by atoms with E-state index in [0.717, 1.165) is 4.90 Å². The number of carbonyl (C=O) groups excluding carboxylic acids is 2. The molecule has 0 radical (unpaired) electrons. The van der Waals surface area contributed by atoms with Crippen LogP contribution in [0.25, 0.3) is 0 Å². The van der Waals surface area contributed by atoms with Crippen molar-refractivity contribution in [1.82, 2.24) is 0 Å². The van der Waals surface area contributed by atoms with Gasteiger partial charge in [-0.3, -0.25) is 9.59 Å². The molecule has 0 atom stereocenters. The fourth-order valence-corrected chi connectivity index (χ4v) is 2.90. The number of thioether (sulfide) groups is 1. The Balaban J connectivity index is 1.93. The van der Waals surface area contributed by atoms with E-state index < -0.39 is 0 Å². The van der Waals surface area contributed by atoms with Gasteiger partial charge in [-0.1, -0.05) is 17.7 Å². The summed E-state index contributed by atoms with van der Waals surface area (Å²) in [6.45, 7) is 2.02. The molecular weight excluding hydrogens is 324 g/mol. The van der Waals surface area contributed by atoms with Crippen molar-refractivity contribution in [2.75, 3.05) is 20.0 Å². The van der Waals surface area contributed by atoms with Crippen molar-refractivity contribution in [1.29, 1.82) is 0 Å². The fourth-order valence-electron chi connectivity index (χ4n) is 2.14. The second kappa shape index (κ2) is 8.55. The molecule has 0 aliphatic carbocycles. The molecule has 2 aromatic rings. The number of carbonyl (C=O) groups is 2. The molecular formula is C19H20O4S. The van der Waals surface area contributed by atoms with Gasteiger partial charge in [0.15, 0.2) is 23.1 Å². The standard InChI is InChI=1S/C19H20O4S/c1-13-4-7-16(8-5-13)24-12-15(20)11-17(21)14-6-9-18(22-2)19(10-14)23-3/h4-10H,11-12H2,1-3H3. The lowest BCUT2D eigenvalue weighted by Gasteiger charge is -2.09. The molecule has 4 nitrogen and oxygen atoms in total. The Hall–Kier alpha value is -2.27. The zero-order valence-electron chi connectivity index (χ0n) is 14.0. The number of hydrogen-bond donors (Lipinski definition) is 0. The minimum atomic E-state index is -0.217. The predicted molar refractivity (Wildman–Crippen MR) is 95.4 cm³/mol. The Labute approximate surface area is 146 Å². The molecule has 0 N–H and O–H groups in total. The lowest BCUT2D eigenvalue weighted by atomic mass is 10.1. The van der Waals surface area contributed by atoms with E-state index in [4.69, 9.17) is 9.47 Å². The van der Waals surface area contributed by atoms with Crippen LogP contribution < -0.4 is 9.47 Å². The van der Waals surface area contributed by atoms with E-state index in [-0.39, 0.29) is 23.7 Å². The van der Waals surface area contributed by atoms with E-state index in [9.17, 15) is 9.59 Å². The van der Waals surface area contributed by atoms with Gasteiger partial charge in [0.05, 0.1) is 26.4 Å². The van der Waals surface area contributed by atoms with E-state index in [1.165, 1.54) is 31.5 Å². The zero-order valence-corrected chi connectivity index (χ0v) is 14.8. The van der Waals surface area contributed by atoms with Crippen molar-refractivity contribution in [3.05, 3.63) is 53.6 Å². The zero-order chi connectivity index (χ0) is 17.5. The van der Waals surface area contributed by atoms with Gasteiger partial charge in [0.2, 0.25) is 0 Å². The maximum atomic E-state index is 12.3. The summed E-state index contributed by atoms with van der Waals surface area (Å²) < 4.78 is 10.3. The molecule has 5 heteroatoms. The van der Waals surface area contributed by atoms with Crippen LogP contribution in [0.3, 0.4) is 0 Å². The van der Waals surface area contributed by atoms with Gasteiger partial charge in [0.1, 0.15) is 0 Å². The first-order valence-electron chi connectivity index (χ1n) is 7.50. The lowest BCUT2D eigenvalue weighted by molar-refractivity contribution is -0.115. The van der Waals surface area contributed by atoms with E-state index in [2.05, 4.69) is 0 Å². The van der Waals surface area contributed by atoms with Gasteiger partial charge in [-0.15, -0.1) is 11.8 Å². The molecule has 0 aliphatic rings. The Morgan fingerprint density at radius 3 is 2.25 bits per heavy atom. The molecule has 0 amide bonds. The molecule has 2 rings (SSSR count). The first-order valence-corrected chi connectivity index (χ1v) is 8.48. The average molecular weight is 344 g/mol. The number of aryl methyl sites for hydroxylation is 1. The van der Waals surface area contributed by atoms with E-state index in [0.29, 0.717) is 17.1 Å². The summed E-state index contributed by atoms with van der Waals surface area (Å²) >= 11 is 1.44. The number of rotatable bonds is 8. The van der Waals surface area contributed by atoms with Crippen LogP contribution in [0.2, 0.25) is 0 Å². The summed E-state index contributed by atoms with van der Waals surface area (Å²) in [6, 6.07) is 12.9. The van der Waals surface area contributed by atoms with Crippen LogP contribution in [-0.2, 0) is 4.79 Å². The first-order chi connectivity index (χ1) is 11.5. The molecule has 0 saturated heterocycles. The Bertz CT molecular complexity index is 723. The minimum Gasteiger partial charge on any atom is -0.493 e. The molecule has 2 aromatic carbocycles. The fraction of sp³-hybridized carbons (Fsp3) is 0.263. The number of methoxy groups -OCH3 is 2. The highest BCUT2D eigenvalue weighted by Gasteiger charge is 2.15. The largest absolute Gasteiger partial charge is 0.493 e. The van der Waals surface area contributed by atoms with Gasteiger partial charge >= 0.3 is 0 Å². The van der Waals surface area contributed by atoms with Crippen molar-refractivity contribution in [2.24, 2.45) is 0 Å². The van der Waals surface area contributed by atoms with Gasteiger partial charge in [-0.2, -0.15) is 0 Å². The molecule has 0 aromatic heterocycles. The van der Waals surface area contributed by atoms with Crippen molar-refractivity contribution < 1.29 is 19.1 Å². The topological polar surface area (TPSA) is 52.6 Å². The van der Waals surface area contributed by atoms with Gasteiger partial charge in [-0.25, -0.2) is 0 Å². The summed E-state index contributed by atoms with van der Waals surface area (Å²) in [7, 11) is 3.04. The third-order valence-electron chi connectivity index (χ3n) is 3.48. The van der Waals surface area contributed by atoms with Crippen LogP contribution >= 0.6 is 11.8 Å². The van der Waals surface area contributed by atoms with Crippen LogP contribution in [0, 0.1) is 6.92 Å². The molecule has 24 heavy (non-hydrogen) atoms. The highest BCUT2D eigenvalue weighted by Crippen LogP contribution is 2.28. The number of Topliss-reactive ketones (excluding diaryl/α,β-unsaturated/α-hetero) is 2. The average Bonchev–Trinajstić information content (AvgIpc) is 2.60. The summed E-state index contributed by atoms with van der Waals surface area (Å²) in [6.07, 6.45) is -0.117. The normalized spacial score (nSPS) is 10.3. The van der Waals surface area contributed by atoms with Crippen LogP contribution in [-0.4, -0.2) is 31.5 Å². The van der Waals surface area contributed by atoms with E-state index >= 15 is 0 Å². The monoisotopic (exact) mass is 344 g/mol. The second-order valence-electron chi connectivity index (χ2n) is 5.31. The third kappa shape index (κ3) is 4.86. The van der Waals surface area contributed by atoms with Gasteiger partial charge in [0, 0.05) is 10.5 Å². The Kier molecular flexibility index (Phi) is 6.44. The minimum absolute atomic E-state index is 0.0969. The van der Waals surface area contributed by atoms with Crippen molar-refractivity contribution in [3.8, 4) is 11.5 Å². The van der Waals surface area contributed by atoms with Gasteiger partial charge in [0.25, 0.3) is 0 Å². The SMILES string of the molecule is COc1ccc(C(=O)CC(=O)CSc2ccc(C)cc2)cc1OC. The second-order valence-corrected chi connectivity index (χ2v) is 6.36. The molecule has 0 heterocycles. The first kappa shape index (κ1) is 18.1. The molecule has 0 bridgehead atoms. The molecule has 126 valence electrons. The molecule has 0 spiro atoms. The van der Waals surface area contributed by atoms with Gasteiger partial charge in [-0.05, 0) is 37.3 Å². The summed E-state index contributed by atoms with van der Waals surface area (Å²) in [5.74, 6) is 0.994. The van der Waals surface area contributed by atoms with E-state index in [1.54, 1.807) is 18.2 Å². The van der Waals surface area contributed by atoms with Crippen molar-refractivity contribution >= 4 is 23.3 Å². The summed E-state index contributed by atoms with van der Waals surface area (Å²) in [4.78, 5) is 25.3. The van der Waals surface area contributed by atoms with Crippen LogP contribution in [0.15, 0.2) is 47.4 Å². The molecule has 0 aliphatic heterocycles. The maximum Gasteiger partial charge on any atom is 0.170 e. The quantitative estimate of drug-likeness (QED) is 0.412. The summed E-state index contributed by atoms with van der Waals surface area (Å²) in [5, 5.41) is 0. The smallest absolute Gasteiger partial charge is 0.170 e. The van der Waals surface area contributed by atoms with Crippen LogP contribution in [0.4, 0.5) is 0 Å². The van der Waals surface area contributed by atoms with Crippen molar-refractivity contribution in [2.45, 2.75) is 18.2 Å². The molecule has 0 saturated carbocycles. The number of hydrogen-bond acceptors (Lipinski definition) is 5. The lowest BCUT2D eigenvalue weighted by Crippen LogP contribution is -2.10. The molecule has 0 unspecified atom stereocenters. The van der Waals surface area contributed by atoms with Crippen molar-refractivity contribution in [3.63, 3.8) is 0 Å². The molecule has 0 fully saturated rings. The highest BCUT2D eigenvalue weighted by molar-refractivity contribution is 8.00. The predicted octanol–water partition coefficient (Wildman–Crippen LogP) is 3.95. The maximum absolute atomic E-state index is 12.3. The number of ketones is 2. The summed E-state index contributed by atoms with van der Waals surface area (Å²) in [5.41, 5.74) is 1.62.